The molecule has 0 saturated heterocycles. The van der Waals surface area contributed by atoms with Crippen LogP contribution in [-0.2, 0) is 12.0 Å². The maximum Gasteiger partial charge on any atom is 0.142 e. The van der Waals surface area contributed by atoms with Gasteiger partial charge < -0.3 is 9.84 Å². The van der Waals surface area contributed by atoms with Gasteiger partial charge in [-0.2, -0.15) is 0 Å². The lowest BCUT2D eigenvalue weighted by Crippen LogP contribution is -2.21. The molecule has 0 saturated carbocycles. The van der Waals surface area contributed by atoms with Crippen LogP contribution in [0.5, 0.6) is 0 Å². The zero-order chi connectivity index (χ0) is 10.8. The molecule has 1 aromatic heterocycles. The molecule has 1 N–H and O–H groups in total. The van der Waals surface area contributed by atoms with Crippen LogP contribution in [0.25, 0.3) is 0 Å². The second-order valence-corrected chi connectivity index (χ2v) is 4.97. The minimum atomic E-state index is 0.0447. The third-order valence-corrected chi connectivity index (χ3v) is 1.99. The Morgan fingerprint density at radius 1 is 1.43 bits per heavy atom. The number of nitrogens with one attached hydrogen (secondary N) is 1. The Hall–Kier alpha value is -0.830. The SMILES string of the molecule is CC(C)NCc1cc(C(C)(C)C)on1. The molecule has 3 nitrogen and oxygen atoms in total. The second kappa shape index (κ2) is 4.13. The molecule has 0 spiro atoms. The van der Waals surface area contributed by atoms with Gasteiger partial charge in [-0.1, -0.05) is 39.8 Å². The maximum absolute atomic E-state index is 5.27. The Labute approximate surface area is 85.9 Å². The summed E-state index contributed by atoms with van der Waals surface area (Å²) in [5, 5.41) is 7.32. The van der Waals surface area contributed by atoms with E-state index in [0.29, 0.717) is 6.04 Å². The van der Waals surface area contributed by atoms with Crippen molar-refractivity contribution in [2.75, 3.05) is 0 Å². The zero-order valence-electron chi connectivity index (χ0n) is 9.72. The van der Waals surface area contributed by atoms with Crippen LogP contribution in [-0.4, -0.2) is 11.2 Å². The Morgan fingerprint density at radius 3 is 2.50 bits per heavy atom. The summed E-state index contributed by atoms with van der Waals surface area (Å²) in [4.78, 5) is 0. The standard InChI is InChI=1S/C11H20N2O/c1-8(2)12-7-9-6-10(14-13-9)11(3,4)5/h6,8,12H,7H2,1-5H3. The van der Waals surface area contributed by atoms with Crippen molar-refractivity contribution in [2.45, 2.75) is 52.6 Å². The van der Waals surface area contributed by atoms with Gasteiger partial charge in [-0.3, -0.25) is 0 Å². The average molecular weight is 196 g/mol. The fourth-order valence-electron chi connectivity index (χ4n) is 1.06. The Morgan fingerprint density at radius 2 is 2.07 bits per heavy atom. The van der Waals surface area contributed by atoms with E-state index in [9.17, 15) is 0 Å². The molecule has 0 unspecified atom stereocenters. The molecule has 0 radical (unpaired) electrons. The number of rotatable bonds is 3. The topological polar surface area (TPSA) is 38.1 Å². The van der Waals surface area contributed by atoms with Crippen LogP contribution in [0.1, 0.15) is 46.1 Å². The van der Waals surface area contributed by atoms with Gasteiger partial charge in [0.05, 0.1) is 5.69 Å². The Bertz CT molecular complexity index is 284. The highest BCUT2D eigenvalue weighted by Gasteiger charge is 2.19. The van der Waals surface area contributed by atoms with Crippen molar-refractivity contribution in [3.8, 4) is 0 Å². The third-order valence-electron chi connectivity index (χ3n) is 1.99. The lowest BCUT2D eigenvalue weighted by molar-refractivity contribution is 0.324. The van der Waals surface area contributed by atoms with Gasteiger partial charge in [-0.25, -0.2) is 0 Å². The summed E-state index contributed by atoms with van der Waals surface area (Å²) in [6.07, 6.45) is 0. The van der Waals surface area contributed by atoms with Crippen LogP contribution >= 0.6 is 0 Å². The quantitative estimate of drug-likeness (QED) is 0.807. The Kier molecular flexibility index (Phi) is 3.32. The van der Waals surface area contributed by atoms with E-state index in [2.05, 4.69) is 45.1 Å². The molecule has 3 heteroatoms. The van der Waals surface area contributed by atoms with Crippen molar-refractivity contribution in [3.05, 3.63) is 17.5 Å². The van der Waals surface area contributed by atoms with Gasteiger partial charge in [-0.05, 0) is 0 Å². The van der Waals surface area contributed by atoms with Crippen LogP contribution in [0.2, 0.25) is 0 Å². The molecule has 0 amide bonds. The fraction of sp³-hybridized carbons (Fsp3) is 0.727. The zero-order valence-corrected chi connectivity index (χ0v) is 9.72. The van der Waals surface area contributed by atoms with Gasteiger partial charge in [-0.15, -0.1) is 0 Å². The van der Waals surface area contributed by atoms with Gasteiger partial charge in [0.1, 0.15) is 5.76 Å². The molecule has 1 aromatic rings. The summed E-state index contributed by atoms with van der Waals surface area (Å²) >= 11 is 0. The minimum absolute atomic E-state index is 0.0447. The maximum atomic E-state index is 5.27. The summed E-state index contributed by atoms with van der Waals surface area (Å²) in [7, 11) is 0. The number of hydrogen-bond donors (Lipinski definition) is 1. The second-order valence-electron chi connectivity index (χ2n) is 4.97. The molecule has 1 rings (SSSR count). The predicted octanol–water partition coefficient (Wildman–Crippen LogP) is 2.47. The molecule has 0 atom stereocenters. The van der Waals surface area contributed by atoms with Gasteiger partial charge >= 0.3 is 0 Å². The third kappa shape index (κ3) is 3.14. The van der Waals surface area contributed by atoms with Crippen molar-refractivity contribution in [1.82, 2.24) is 10.5 Å². The molecular weight excluding hydrogens is 176 g/mol. The van der Waals surface area contributed by atoms with Crippen LogP contribution in [0.4, 0.5) is 0 Å². The first-order chi connectivity index (χ1) is 6.39. The van der Waals surface area contributed by atoms with E-state index in [-0.39, 0.29) is 5.41 Å². The number of hydrogen-bond acceptors (Lipinski definition) is 3. The minimum Gasteiger partial charge on any atom is -0.361 e. The van der Waals surface area contributed by atoms with E-state index >= 15 is 0 Å². The van der Waals surface area contributed by atoms with Gasteiger partial charge in [0.15, 0.2) is 0 Å². The summed E-state index contributed by atoms with van der Waals surface area (Å²) in [6, 6.07) is 2.50. The van der Waals surface area contributed by atoms with Crippen LogP contribution in [0, 0.1) is 0 Å². The van der Waals surface area contributed by atoms with Gasteiger partial charge in [0.25, 0.3) is 0 Å². The summed E-state index contributed by atoms with van der Waals surface area (Å²) in [5.41, 5.74) is 1.02. The fourth-order valence-corrected chi connectivity index (χ4v) is 1.06. The highest BCUT2D eigenvalue weighted by molar-refractivity contribution is 5.12. The number of nitrogens with zero attached hydrogens (tertiary/aromatic N) is 1. The first-order valence-electron chi connectivity index (χ1n) is 5.09. The number of aromatic nitrogens is 1. The first-order valence-corrected chi connectivity index (χ1v) is 5.09. The molecule has 0 fully saturated rings. The molecule has 80 valence electrons. The summed E-state index contributed by atoms with van der Waals surface area (Å²) in [6.45, 7) is 11.4. The summed E-state index contributed by atoms with van der Waals surface area (Å²) < 4.78 is 5.27. The van der Waals surface area contributed by atoms with Crippen molar-refractivity contribution in [3.63, 3.8) is 0 Å². The van der Waals surface area contributed by atoms with E-state index in [1.54, 1.807) is 0 Å². The van der Waals surface area contributed by atoms with Gasteiger partial charge in [0.2, 0.25) is 0 Å². The van der Waals surface area contributed by atoms with E-state index in [1.165, 1.54) is 0 Å². The van der Waals surface area contributed by atoms with Crippen molar-refractivity contribution in [2.24, 2.45) is 0 Å². The van der Waals surface area contributed by atoms with Crippen LogP contribution in [0.15, 0.2) is 10.6 Å². The normalized spacial score (nSPS) is 12.4. The van der Waals surface area contributed by atoms with Crippen LogP contribution in [0.3, 0.4) is 0 Å². The van der Waals surface area contributed by atoms with E-state index in [4.69, 9.17) is 4.52 Å². The molecular formula is C11H20N2O. The highest BCUT2D eigenvalue weighted by atomic mass is 16.5. The average Bonchev–Trinajstić information content (AvgIpc) is 2.47. The lowest BCUT2D eigenvalue weighted by atomic mass is 9.93. The highest BCUT2D eigenvalue weighted by Crippen LogP contribution is 2.22. The summed E-state index contributed by atoms with van der Waals surface area (Å²) in [5.74, 6) is 0.943. The van der Waals surface area contributed by atoms with Crippen molar-refractivity contribution >= 4 is 0 Å². The molecule has 1 heterocycles. The largest absolute Gasteiger partial charge is 0.361 e. The van der Waals surface area contributed by atoms with Gasteiger partial charge in [0, 0.05) is 24.1 Å². The van der Waals surface area contributed by atoms with E-state index < -0.39 is 0 Å². The predicted molar refractivity (Wildman–Crippen MR) is 57.2 cm³/mol. The molecule has 0 aliphatic rings. The molecule has 0 aromatic carbocycles. The molecule has 0 aliphatic carbocycles. The van der Waals surface area contributed by atoms with Crippen molar-refractivity contribution < 1.29 is 4.52 Å². The lowest BCUT2D eigenvalue weighted by Gasteiger charge is -2.12. The van der Waals surface area contributed by atoms with E-state index in [0.717, 1.165) is 18.0 Å². The van der Waals surface area contributed by atoms with E-state index in [1.807, 2.05) is 6.07 Å². The molecule has 0 bridgehead atoms. The van der Waals surface area contributed by atoms with Crippen LogP contribution < -0.4 is 5.32 Å². The smallest absolute Gasteiger partial charge is 0.142 e. The van der Waals surface area contributed by atoms with Crippen molar-refractivity contribution in [1.29, 1.82) is 0 Å². The first kappa shape index (κ1) is 11.2. The monoisotopic (exact) mass is 196 g/mol. The molecule has 0 aliphatic heterocycles. The Balaban J connectivity index is 2.60. The molecule has 14 heavy (non-hydrogen) atoms.